The summed E-state index contributed by atoms with van der Waals surface area (Å²) in [5.41, 5.74) is 0.715. The van der Waals surface area contributed by atoms with Crippen LogP contribution in [0.25, 0.3) is 0 Å². The lowest BCUT2D eigenvalue weighted by Crippen LogP contribution is -2.39. The summed E-state index contributed by atoms with van der Waals surface area (Å²) in [5.74, 6) is -0.769. The standard InChI is InChI=1S/C16H24F3N3O3S/c1-4-22(5-2)26(24,25)14-8-6-13(7-9-14)12(3)20-10-15(23)21-11-16(17,18)19/h6-9,12,20H,4-5,10-11H2,1-3H3,(H,21,23)/t12-/m1/s1. The maximum absolute atomic E-state index is 12.4. The first-order valence-electron chi connectivity index (χ1n) is 8.18. The van der Waals surface area contributed by atoms with Gasteiger partial charge in [-0.05, 0) is 24.6 Å². The third-order valence-electron chi connectivity index (χ3n) is 3.78. The average molecular weight is 395 g/mol. The molecular formula is C16H24F3N3O3S. The number of carbonyl (C=O) groups excluding carboxylic acids is 1. The van der Waals surface area contributed by atoms with E-state index in [0.29, 0.717) is 18.7 Å². The van der Waals surface area contributed by atoms with Gasteiger partial charge in [-0.3, -0.25) is 4.79 Å². The Morgan fingerprint density at radius 3 is 2.15 bits per heavy atom. The molecule has 0 unspecified atom stereocenters. The molecule has 0 saturated carbocycles. The van der Waals surface area contributed by atoms with Crippen LogP contribution in [0.4, 0.5) is 13.2 Å². The van der Waals surface area contributed by atoms with Crippen LogP contribution in [-0.2, 0) is 14.8 Å². The fourth-order valence-corrected chi connectivity index (χ4v) is 3.72. The molecule has 1 aromatic rings. The van der Waals surface area contributed by atoms with Gasteiger partial charge in [0.2, 0.25) is 15.9 Å². The summed E-state index contributed by atoms with van der Waals surface area (Å²) in [4.78, 5) is 11.6. The molecule has 6 nitrogen and oxygen atoms in total. The van der Waals surface area contributed by atoms with Gasteiger partial charge in [0.05, 0.1) is 11.4 Å². The highest BCUT2D eigenvalue weighted by Crippen LogP contribution is 2.19. The van der Waals surface area contributed by atoms with Gasteiger partial charge in [0.25, 0.3) is 0 Å². The fraction of sp³-hybridized carbons (Fsp3) is 0.562. The second kappa shape index (κ2) is 9.33. The number of nitrogens with one attached hydrogen (secondary N) is 2. The lowest BCUT2D eigenvalue weighted by atomic mass is 10.1. The van der Waals surface area contributed by atoms with Crippen molar-refractivity contribution in [1.29, 1.82) is 0 Å². The van der Waals surface area contributed by atoms with Gasteiger partial charge in [0.1, 0.15) is 6.54 Å². The molecule has 0 aromatic heterocycles. The summed E-state index contributed by atoms with van der Waals surface area (Å²) >= 11 is 0. The Labute approximate surface area is 151 Å². The highest BCUT2D eigenvalue weighted by molar-refractivity contribution is 7.89. The van der Waals surface area contributed by atoms with Crippen LogP contribution in [0.1, 0.15) is 32.4 Å². The molecule has 26 heavy (non-hydrogen) atoms. The van der Waals surface area contributed by atoms with E-state index in [1.165, 1.54) is 16.4 Å². The molecule has 1 aromatic carbocycles. The van der Waals surface area contributed by atoms with Crippen molar-refractivity contribution in [2.24, 2.45) is 0 Å². The summed E-state index contributed by atoms with van der Waals surface area (Å²) in [6.07, 6.45) is -4.45. The van der Waals surface area contributed by atoms with E-state index >= 15 is 0 Å². The lowest BCUT2D eigenvalue weighted by molar-refractivity contribution is -0.137. The number of hydrogen-bond donors (Lipinski definition) is 2. The summed E-state index contributed by atoms with van der Waals surface area (Å²) in [7, 11) is -3.55. The largest absolute Gasteiger partial charge is 0.405 e. The van der Waals surface area contributed by atoms with Crippen molar-refractivity contribution in [3.63, 3.8) is 0 Å². The van der Waals surface area contributed by atoms with Crippen molar-refractivity contribution >= 4 is 15.9 Å². The molecule has 148 valence electrons. The first-order valence-corrected chi connectivity index (χ1v) is 9.62. The number of rotatable bonds is 9. The van der Waals surface area contributed by atoms with Crippen LogP contribution in [0, 0.1) is 0 Å². The van der Waals surface area contributed by atoms with Crippen LogP contribution in [0.3, 0.4) is 0 Å². The minimum atomic E-state index is -4.45. The van der Waals surface area contributed by atoms with Crippen LogP contribution in [0.15, 0.2) is 29.2 Å². The Hall–Kier alpha value is -1.65. The molecule has 1 amide bonds. The van der Waals surface area contributed by atoms with E-state index in [4.69, 9.17) is 0 Å². The first-order chi connectivity index (χ1) is 12.0. The second-order valence-corrected chi connectivity index (χ2v) is 7.59. The number of nitrogens with zero attached hydrogens (tertiary/aromatic N) is 1. The van der Waals surface area contributed by atoms with Crippen molar-refractivity contribution < 1.29 is 26.4 Å². The fourth-order valence-electron chi connectivity index (χ4n) is 2.27. The van der Waals surface area contributed by atoms with Gasteiger partial charge in [0, 0.05) is 19.1 Å². The first kappa shape index (κ1) is 22.4. The van der Waals surface area contributed by atoms with Gasteiger partial charge in [-0.1, -0.05) is 26.0 Å². The van der Waals surface area contributed by atoms with E-state index in [9.17, 15) is 26.4 Å². The molecule has 0 saturated heterocycles. The highest BCUT2D eigenvalue weighted by atomic mass is 32.2. The zero-order valence-corrected chi connectivity index (χ0v) is 15.7. The van der Waals surface area contributed by atoms with Crippen molar-refractivity contribution in [3.8, 4) is 0 Å². The quantitative estimate of drug-likeness (QED) is 0.671. The molecule has 0 spiro atoms. The van der Waals surface area contributed by atoms with E-state index in [0.717, 1.165) is 0 Å². The Morgan fingerprint density at radius 1 is 1.15 bits per heavy atom. The normalized spacial score (nSPS) is 13.7. The molecular weight excluding hydrogens is 371 g/mol. The van der Waals surface area contributed by atoms with Crippen molar-refractivity contribution in [1.82, 2.24) is 14.9 Å². The third kappa shape index (κ3) is 6.58. The zero-order valence-electron chi connectivity index (χ0n) is 14.9. The van der Waals surface area contributed by atoms with Crippen molar-refractivity contribution in [2.75, 3.05) is 26.2 Å². The van der Waals surface area contributed by atoms with Crippen molar-refractivity contribution in [2.45, 2.75) is 37.9 Å². The second-order valence-electron chi connectivity index (χ2n) is 5.65. The summed E-state index contributed by atoms with van der Waals surface area (Å²) < 4.78 is 62.3. The number of hydrogen-bond acceptors (Lipinski definition) is 4. The van der Waals surface area contributed by atoms with Crippen LogP contribution < -0.4 is 10.6 Å². The van der Waals surface area contributed by atoms with Crippen LogP contribution >= 0.6 is 0 Å². The number of benzene rings is 1. The van der Waals surface area contributed by atoms with Crippen LogP contribution in [0.2, 0.25) is 0 Å². The Morgan fingerprint density at radius 2 is 1.69 bits per heavy atom. The van der Waals surface area contributed by atoms with Crippen molar-refractivity contribution in [3.05, 3.63) is 29.8 Å². The predicted molar refractivity (Wildman–Crippen MR) is 92.0 cm³/mol. The van der Waals surface area contributed by atoms with Gasteiger partial charge in [-0.15, -0.1) is 0 Å². The zero-order chi connectivity index (χ0) is 20.0. The van der Waals surface area contributed by atoms with Crippen LogP contribution in [0.5, 0.6) is 0 Å². The minimum absolute atomic E-state index is 0.167. The molecule has 0 aliphatic heterocycles. The van der Waals surface area contributed by atoms with Gasteiger partial charge in [0.15, 0.2) is 0 Å². The number of halogens is 3. The number of alkyl halides is 3. The smallest absolute Gasteiger partial charge is 0.346 e. The molecule has 0 aliphatic carbocycles. The molecule has 0 bridgehead atoms. The number of carbonyl (C=O) groups is 1. The van der Waals surface area contributed by atoms with E-state index in [2.05, 4.69) is 5.32 Å². The Balaban J connectivity index is 2.67. The lowest BCUT2D eigenvalue weighted by Gasteiger charge is -2.19. The molecule has 10 heteroatoms. The molecule has 0 heterocycles. The molecule has 2 N–H and O–H groups in total. The topological polar surface area (TPSA) is 78.5 Å². The van der Waals surface area contributed by atoms with E-state index in [1.54, 1.807) is 38.2 Å². The summed E-state index contributed by atoms with van der Waals surface area (Å²) in [6, 6.07) is 5.84. The monoisotopic (exact) mass is 395 g/mol. The Bertz CT molecular complexity index is 687. The van der Waals surface area contributed by atoms with E-state index in [1.807, 2.05) is 0 Å². The van der Waals surface area contributed by atoms with Gasteiger partial charge < -0.3 is 10.6 Å². The summed E-state index contributed by atoms with van der Waals surface area (Å²) in [5, 5.41) is 4.57. The third-order valence-corrected chi connectivity index (χ3v) is 5.84. The molecule has 0 aliphatic rings. The predicted octanol–water partition coefficient (Wildman–Crippen LogP) is 2.05. The van der Waals surface area contributed by atoms with Crippen LogP contribution in [-0.4, -0.2) is 51.0 Å². The van der Waals surface area contributed by atoms with E-state index in [-0.39, 0.29) is 17.5 Å². The van der Waals surface area contributed by atoms with Gasteiger partial charge in [-0.2, -0.15) is 17.5 Å². The molecule has 1 atom stereocenters. The molecule has 0 radical (unpaired) electrons. The maximum atomic E-state index is 12.4. The number of sulfonamides is 1. The minimum Gasteiger partial charge on any atom is -0.346 e. The number of amides is 1. The SMILES string of the molecule is CCN(CC)S(=O)(=O)c1ccc([C@@H](C)NCC(=O)NCC(F)(F)F)cc1. The van der Waals surface area contributed by atoms with E-state index < -0.39 is 28.7 Å². The maximum Gasteiger partial charge on any atom is 0.405 e. The van der Waals surface area contributed by atoms with Gasteiger partial charge >= 0.3 is 6.18 Å². The summed E-state index contributed by atoms with van der Waals surface area (Å²) in [6.45, 7) is 4.31. The highest BCUT2D eigenvalue weighted by Gasteiger charge is 2.27. The Kier molecular flexibility index (Phi) is 8.04. The van der Waals surface area contributed by atoms with Gasteiger partial charge in [-0.25, -0.2) is 8.42 Å². The molecule has 1 rings (SSSR count). The molecule has 0 fully saturated rings. The average Bonchev–Trinajstić information content (AvgIpc) is 2.58.